The fraction of sp³-hybridized carbons (Fsp3) is 0.100. The van der Waals surface area contributed by atoms with Gasteiger partial charge in [-0.3, -0.25) is 10.1 Å². The van der Waals surface area contributed by atoms with E-state index in [-0.39, 0.29) is 5.91 Å². The molecule has 0 unspecified atom stereocenters. The normalized spacial score (nSPS) is 10.6. The molecule has 1 N–H and O–H groups in total. The first-order chi connectivity index (χ1) is 13.7. The average molecular weight is 409 g/mol. The number of benzene rings is 2. The van der Waals surface area contributed by atoms with E-state index in [1.54, 1.807) is 18.2 Å². The quantitative estimate of drug-likeness (QED) is 0.496. The molecular formula is C20H16N4O2S2. The summed E-state index contributed by atoms with van der Waals surface area (Å²) >= 11 is 2.55. The predicted octanol–water partition coefficient (Wildman–Crippen LogP) is 4.80. The highest BCUT2D eigenvalue weighted by Gasteiger charge is 2.11. The summed E-state index contributed by atoms with van der Waals surface area (Å²) < 4.78 is 14.1. The number of hydrogen-bond acceptors (Lipinski definition) is 7. The monoisotopic (exact) mass is 408 g/mol. The van der Waals surface area contributed by atoms with Crippen LogP contribution in [0.2, 0.25) is 0 Å². The zero-order valence-electron chi connectivity index (χ0n) is 15.0. The molecule has 8 heteroatoms. The topological polar surface area (TPSA) is 77.0 Å². The highest BCUT2D eigenvalue weighted by Crippen LogP contribution is 2.25. The molecule has 140 valence electrons. The first-order valence-electron chi connectivity index (χ1n) is 8.52. The number of rotatable bonds is 6. The summed E-state index contributed by atoms with van der Waals surface area (Å²) in [5, 5.41) is 5.33. The number of aromatic nitrogens is 3. The Labute approximate surface area is 170 Å². The Hall–Kier alpha value is -3.10. The Kier molecular flexibility index (Phi) is 5.41. The molecule has 0 spiro atoms. The van der Waals surface area contributed by atoms with Crippen molar-refractivity contribution in [3.8, 4) is 17.0 Å². The molecular weight excluding hydrogens is 392 g/mol. The Bertz CT molecular complexity index is 1090. The lowest BCUT2D eigenvalue weighted by atomic mass is 10.2. The Morgan fingerprint density at radius 3 is 2.75 bits per heavy atom. The minimum atomic E-state index is -0.231. The lowest BCUT2D eigenvalue weighted by molar-refractivity contribution is 0.102. The molecule has 0 bridgehead atoms. The van der Waals surface area contributed by atoms with E-state index in [1.807, 2.05) is 48.7 Å². The van der Waals surface area contributed by atoms with E-state index in [0.717, 1.165) is 34.4 Å². The second kappa shape index (κ2) is 8.28. The van der Waals surface area contributed by atoms with E-state index < -0.39 is 0 Å². The van der Waals surface area contributed by atoms with E-state index >= 15 is 0 Å². The Morgan fingerprint density at radius 2 is 1.96 bits per heavy atom. The highest BCUT2D eigenvalue weighted by atomic mass is 32.1. The van der Waals surface area contributed by atoms with Gasteiger partial charge in [0, 0.05) is 16.5 Å². The van der Waals surface area contributed by atoms with Crippen LogP contribution in [0.15, 0.2) is 60.0 Å². The van der Waals surface area contributed by atoms with Crippen LogP contribution < -0.4 is 10.1 Å². The van der Waals surface area contributed by atoms with Crippen molar-refractivity contribution >= 4 is 34.1 Å². The number of nitrogens with zero attached hydrogens (tertiary/aromatic N) is 3. The Morgan fingerprint density at radius 1 is 1.11 bits per heavy atom. The van der Waals surface area contributed by atoms with Crippen LogP contribution >= 0.6 is 23.1 Å². The summed E-state index contributed by atoms with van der Waals surface area (Å²) in [6, 6.07) is 16.9. The lowest BCUT2D eigenvalue weighted by Gasteiger charge is -2.07. The van der Waals surface area contributed by atoms with Gasteiger partial charge < -0.3 is 4.74 Å². The maximum Gasteiger partial charge on any atom is 0.257 e. The Balaban J connectivity index is 1.42. The molecule has 0 fully saturated rings. The molecule has 2 aromatic carbocycles. The van der Waals surface area contributed by atoms with Crippen LogP contribution in [0.25, 0.3) is 11.3 Å². The van der Waals surface area contributed by atoms with Crippen molar-refractivity contribution in [3.05, 3.63) is 76.9 Å². The number of ether oxygens (including phenoxy) is 1. The van der Waals surface area contributed by atoms with Crippen molar-refractivity contribution in [3.63, 3.8) is 0 Å². The second-order valence-corrected chi connectivity index (χ2v) is 7.36. The maximum absolute atomic E-state index is 12.6. The SMILES string of the molecule is Cc1nsnc1COc1cccc(C(=O)Nc2nc(-c3ccccc3)cs2)c1. The van der Waals surface area contributed by atoms with Crippen molar-refractivity contribution in [2.24, 2.45) is 0 Å². The molecule has 0 aliphatic carbocycles. The van der Waals surface area contributed by atoms with E-state index in [4.69, 9.17) is 4.74 Å². The summed E-state index contributed by atoms with van der Waals surface area (Å²) in [5.41, 5.74) is 4.02. The van der Waals surface area contributed by atoms with E-state index in [2.05, 4.69) is 19.0 Å². The molecule has 2 heterocycles. The summed E-state index contributed by atoms with van der Waals surface area (Å²) in [4.78, 5) is 17.1. The lowest BCUT2D eigenvalue weighted by Crippen LogP contribution is -2.11. The van der Waals surface area contributed by atoms with Gasteiger partial charge in [0.05, 0.1) is 23.1 Å². The van der Waals surface area contributed by atoms with Crippen molar-refractivity contribution < 1.29 is 9.53 Å². The molecule has 28 heavy (non-hydrogen) atoms. The fourth-order valence-corrected chi connectivity index (χ4v) is 3.77. The first-order valence-corrected chi connectivity index (χ1v) is 10.1. The van der Waals surface area contributed by atoms with Crippen molar-refractivity contribution in [2.45, 2.75) is 13.5 Å². The molecule has 1 amide bonds. The van der Waals surface area contributed by atoms with Crippen LogP contribution in [-0.4, -0.2) is 19.6 Å². The van der Waals surface area contributed by atoms with Crippen molar-refractivity contribution in [2.75, 3.05) is 5.32 Å². The van der Waals surface area contributed by atoms with Crippen molar-refractivity contribution in [1.29, 1.82) is 0 Å². The number of carbonyl (C=O) groups excluding carboxylic acids is 1. The van der Waals surface area contributed by atoms with Gasteiger partial charge in [0.2, 0.25) is 0 Å². The number of anilines is 1. The maximum atomic E-state index is 12.6. The molecule has 0 radical (unpaired) electrons. The molecule has 4 rings (SSSR count). The minimum Gasteiger partial charge on any atom is -0.487 e. The number of nitrogens with one attached hydrogen (secondary N) is 1. The average Bonchev–Trinajstić information content (AvgIpc) is 3.36. The van der Waals surface area contributed by atoms with Gasteiger partial charge in [-0.2, -0.15) is 8.75 Å². The molecule has 0 saturated heterocycles. The zero-order valence-corrected chi connectivity index (χ0v) is 16.6. The number of carbonyl (C=O) groups is 1. The molecule has 0 aliphatic rings. The molecule has 0 aliphatic heterocycles. The number of aryl methyl sites for hydroxylation is 1. The molecule has 0 saturated carbocycles. The summed E-state index contributed by atoms with van der Waals surface area (Å²) in [6.45, 7) is 2.21. The fourth-order valence-electron chi connectivity index (χ4n) is 2.50. The van der Waals surface area contributed by atoms with Gasteiger partial charge in [0.25, 0.3) is 5.91 Å². The van der Waals surface area contributed by atoms with Gasteiger partial charge in [-0.1, -0.05) is 36.4 Å². The van der Waals surface area contributed by atoms with E-state index in [1.165, 1.54) is 11.3 Å². The van der Waals surface area contributed by atoms with E-state index in [0.29, 0.717) is 23.1 Å². The van der Waals surface area contributed by atoms with Gasteiger partial charge in [-0.05, 0) is 25.1 Å². The molecule has 0 atom stereocenters. The molecule has 2 aromatic heterocycles. The highest BCUT2D eigenvalue weighted by molar-refractivity contribution is 7.14. The van der Waals surface area contributed by atoms with Gasteiger partial charge in [0.15, 0.2) is 5.13 Å². The van der Waals surface area contributed by atoms with Gasteiger partial charge in [0.1, 0.15) is 18.1 Å². The van der Waals surface area contributed by atoms with E-state index in [9.17, 15) is 4.79 Å². The minimum absolute atomic E-state index is 0.231. The summed E-state index contributed by atoms with van der Waals surface area (Å²) in [6.07, 6.45) is 0. The van der Waals surface area contributed by atoms with Gasteiger partial charge >= 0.3 is 0 Å². The van der Waals surface area contributed by atoms with Crippen LogP contribution in [0, 0.1) is 6.92 Å². The van der Waals surface area contributed by atoms with Crippen LogP contribution in [0.1, 0.15) is 21.7 Å². The van der Waals surface area contributed by atoms with Crippen LogP contribution in [-0.2, 0) is 6.61 Å². The smallest absolute Gasteiger partial charge is 0.257 e. The number of thiazole rings is 1. The van der Waals surface area contributed by atoms with Gasteiger partial charge in [-0.25, -0.2) is 4.98 Å². The first kappa shape index (κ1) is 18.3. The largest absolute Gasteiger partial charge is 0.487 e. The van der Waals surface area contributed by atoms with Gasteiger partial charge in [-0.15, -0.1) is 11.3 Å². The number of amides is 1. The van der Waals surface area contributed by atoms with Crippen molar-refractivity contribution in [1.82, 2.24) is 13.7 Å². The molecule has 6 nitrogen and oxygen atoms in total. The zero-order chi connectivity index (χ0) is 19.3. The summed E-state index contributed by atoms with van der Waals surface area (Å²) in [7, 11) is 0. The number of hydrogen-bond donors (Lipinski definition) is 1. The molecule has 4 aromatic rings. The van der Waals surface area contributed by atoms with Crippen LogP contribution in [0.5, 0.6) is 5.75 Å². The predicted molar refractivity (Wildman–Crippen MR) is 111 cm³/mol. The van der Waals surface area contributed by atoms with Crippen LogP contribution in [0.4, 0.5) is 5.13 Å². The second-order valence-electron chi connectivity index (χ2n) is 5.97. The standard InChI is InChI=1S/C20H16N4O2S2/c1-13-17(24-28-23-13)11-26-16-9-5-8-15(10-16)19(25)22-20-21-18(12-27-20)14-6-3-2-4-7-14/h2-10,12H,11H2,1H3,(H,21,22,25). The van der Waals surface area contributed by atoms with Crippen LogP contribution in [0.3, 0.4) is 0 Å². The third-order valence-electron chi connectivity index (χ3n) is 4.01. The summed E-state index contributed by atoms with van der Waals surface area (Å²) in [5.74, 6) is 0.370. The third-order valence-corrected chi connectivity index (χ3v) is 5.43. The third kappa shape index (κ3) is 4.24.